The van der Waals surface area contributed by atoms with Gasteiger partial charge in [-0.15, -0.1) is 0 Å². The Hall–Kier alpha value is -4.30. The van der Waals surface area contributed by atoms with Gasteiger partial charge in [0, 0.05) is 34.4 Å². The summed E-state index contributed by atoms with van der Waals surface area (Å²) in [6.45, 7) is 12.3. The smallest absolute Gasteiger partial charge is 0.333 e. The van der Waals surface area contributed by atoms with Gasteiger partial charge in [-0.3, -0.25) is 4.79 Å². The molecule has 0 fully saturated rings. The Bertz CT molecular complexity index is 1490. The zero-order chi connectivity index (χ0) is 30.8. The molecule has 1 atom stereocenters. The standard InChI is InChI=1S/C35H36O7S/c1-5-33(36)41-18-7-6-17-39-26-11-9-25(10-12-26)35(38)43-28-14-16-30-29-15-13-27(21-31(29)24(4)32(30)22-28)40-19-8-20-42-34(37)23(2)3/h5,9-16,21-22,24H,1-2,6-8,17-20H2,3-4H3. The lowest BCUT2D eigenvalue weighted by molar-refractivity contribution is -0.139. The van der Waals surface area contributed by atoms with Gasteiger partial charge in [-0.2, -0.15) is 0 Å². The number of fused-ring (bicyclic) bond motifs is 3. The number of thioether (sulfide) groups is 1. The molecule has 4 rings (SSSR count). The molecule has 3 aromatic carbocycles. The Morgan fingerprint density at radius 1 is 0.791 bits per heavy atom. The quantitative estimate of drug-likeness (QED) is 0.0766. The average Bonchev–Trinajstić information content (AvgIpc) is 3.28. The van der Waals surface area contributed by atoms with Crippen LogP contribution in [0.2, 0.25) is 0 Å². The van der Waals surface area contributed by atoms with E-state index in [1.807, 2.05) is 12.1 Å². The number of rotatable bonds is 15. The summed E-state index contributed by atoms with van der Waals surface area (Å²) in [5, 5.41) is -0.0386. The normalized spacial score (nSPS) is 12.9. The first-order chi connectivity index (χ1) is 20.8. The zero-order valence-corrected chi connectivity index (χ0v) is 25.4. The van der Waals surface area contributed by atoms with Crippen molar-refractivity contribution in [2.45, 2.75) is 43.9 Å². The van der Waals surface area contributed by atoms with Crippen LogP contribution in [0.25, 0.3) is 11.1 Å². The van der Waals surface area contributed by atoms with Crippen LogP contribution in [-0.4, -0.2) is 43.5 Å². The second kappa shape index (κ2) is 15.3. The monoisotopic (exact) mass is 600 g/mol. The number of benzene rings is 3. The molecule has 0 heterocycles. The fraction of sp³-hybridized carbons (Fsp3) is 0.286. The van der Waals surface area contributed by atoms with E-state index in [1.54, 1.807) is 31.2 Å². The minimum Gasteiger partial charge on any atom is -0.494 e. The van der Waals surface area contributed by atoms with Crippen LogP contribution in [0.3, 0.4) is 0 Å². The maximum atomic E-state index is 13.0. The molecule has 0 N–H and O–H groups in total. The van der Waals surface area contributed by atoms with E-state index >= 15 is 0 Å². The summed E-state index contributed by atoms with van der Waals surface area (Å²) in [6, 6.07) is 19.4. The Labute approximate surface area is 256 Å². The van der Waals surface area contributed by atoms with Crippen LogP contribution < -0.4 is 9.47 Å². The summed E-state index contributed by atoms with van der Waals surface area (Å²) in [7, 11) is 0. The number of hydrogen-bond acceptors (Lipinski definition) is 8. The Balaban J connectivity index is 1.27. The van der Waals surface area contributed by atoms with Gasteiger partial charge in [0.15, 0.2) is 0 Å². The number of esters is 2. The molecule has 1 aliphatic rings. The summed E-state index contributed by atoms with van der Waals surface area (Å²) in [5.41, 5.74) is 5.68. The molecule has 3 aromatic rings. The predicted octanol–water partition coefficient (Wildman–Crippen LogP) is 7.53. The molecule has 0 aromatic heterocycles. The molecule has 0 radical (unpaired) electrons. The molecule has 0 amide bonds. The van der Waals surface area contributed by atoms with Crippen LogP contribution in [0.5, 0.6) is 11.5 Å². The van der Waals surface area contributed by atoms with Gasteiger partial charge in [-0.25, -0.2) is 9.59 Å². The van der Waals surface area contributed by atoms with Crippen molar-refractivity contribution in [3.63, 3.8) is 0 Å². The molecular weight excluding hydrogens is 564 g/mol. The van der Waals surface area contributed by atoms with Gasteiger partial charge in [0.25, 0.3) is 0 Å². The van der Waals surface area contributed by atoms with Gasteiger partial charge in [0.2, 0.25) is 5.12 Å². The molecule has 0 bridgehead atoms. The van der Waals surface area contributed by atoms with Crippen LogP contribution in [-0.2, 0) is 19.1 Å². The fourth-order valence-corrected chi connectivity index (χ4v) is 5.42. The molecule has 0 saturated heterocycles. The van der Waals surface area contributed by atoms with Gasteiger partial charge in [-0.05, 0) is 102 Å². The molecule has 0 aliphatic heterocycles. The van der Waals surface area contributed by atoms with E-state index in [4.69, 9.17) is 18.9 Å². The molecule has 7 nitrogen and oxygen atoms in total. The van der Waals surface area contributed by atoms with Crippen molar-refractivity contribution >= 4 is 28.8 Å². The lowest BCUT2D eigenvalue weighted by Crippen LogP contribution is -2.09. The highest BCUT2D eigenvalue weighted by Crippen LogP contribution is 2.47. The maximum absolute atomic E-state index is 13.0. The first-order valence-electron chi connectivity index (χ1n) is 14.2. The minimum absolute atomic E-state index is 0.0386. The van der Waals surface area contributed by atoms with Crippen molar-refractivity contribution in [1.29, 1.82) is 0 Å². The summed E-state index contributed by atoms with van der Waals surface area (Å²) in [4.78, 5) is 36.5. The first-order valence-corrected chi connectivity index (χ1v) is 15.1. The van der Waals surface area contributed by atoms with E-state index in [0.717, 1.165) is 28.7 Å². The third-order valence-electron chi connectivity index (χ3n) is 6.93. The van der Waals surface area contributed by atoms with Gasteiger partial charge < -0.3 is 18.9 Å². The number of hydrogen-bond donors (Lipinski definition) is 0. The molecule has 43 heavy (non-hydrogen) atoms. The molecule has 0 spiro atoms. The van der Waals surface area contributed by atoms with E-state index in [9.17, 15) is 14.4 Å². The van der Waals surface area contributed by atoms with Crippen LogP contribution in [0, 0.1) is 0 Å². The molecular formula is C35H36O7S. The van der Waals surface area contributed by atoms with E-state index in [-0.39, 0.29) is 23.6 Å². The molecule has 1 unspecified atom stereocenters. The van der Waals surface area contributed by atoms with Gasteiger partial charge in [-0.1, -0.05) is 32.2 Å². The van der Waals surface area contributed by atoms with Crippen molar-refractivity contribution in [3.05, 3.63) is 102 Å². The third-order valence-corrected chi connectivity index (χ3v) is 7.84. The highest BCUT2D eigenvalue weighted by atomic mass is 32.2. The molecule has 8 heteroatoms. The average molecular weight is 601 g/mol. The number of carbonyl (C=O) groups excluding carboxylic acids is 3. The maximum Gasteiger partial charge on any atom is 0.333 e. The summed E-state index contributed by atoms with van der Waals surface area (Å²) >= 11 is 1.21. The van der Waals surface area contributed by atoms with Crippen molar-refractivity contribution in [2.75, 3.05) is 26.4 Å². The SMILES string of the molecule is C=CC(=O)OCCCCOc1ccc(C(=O)Sc2ccc3c(c2)C(C)c2cc(OCCCOC(=O)C(=C)C)ccc2-3)cc1. The second-order valence-corrected chi connectivity index (χ2v) is 11.2. The molecule has 1 aliphatic carbocycles. The summed E-state index contributed by atoms with van der Waals surface area (Å²) < 4.78 is 21.7. The van der Waals surface area contributed by atoms with Crippen molar-refractivity contribution in [2.24, 2.45) is 0 Å². The second-order valence-electron chi connectivity index (χ2n) is 10.2. The van der Waals surface area contributed by atoms with Gasteiger partial charge >= 0.3 is 11.9 Å². The van der Waals surface area contributed by atoms with Crippen molar-refractivity contribution in [1.82, 2.24) is 0 Å². The molecule has 0 saturated carbocycles. The van der Waals surface area contributed by atoms with Gasteiger partial charge in [0.1, 0.15) is 11.5 Å². The summed E-state index contributed by atoms with van der Waals surface area (Å²) in [6.07, 6.45) is 3.17. The van der Waals surface area contributed by atoms with E-state index in [2.05, 4.69) is 44.3 Å². The zero-order valence-electron chi connectivity index (χ0n) is 24.6. The lowest BCUT2D eigenvalue weighted by atomic mass is 9.99. The first kappa shape index (κ1) is 31.6. The van der Waals surface area contributed by atoms with Crippen LogP contribution in [0.1, 0.15) is 60.5 Å². The van der Waals surface area contributed by atoms with Crippen molar-refractivity contribution in [3.8, 4) is 22.6 Å². The van der Waals surface area contributed by atoms with Crippen LogP contribution >= 0.6 is 11.8 Å². The number of ether oxygens (including phenoxy) is 4. The summed E-state index contributed by atoms with van der Waals surface area (Å²) in [5.74, 6) is 0.805. The fourth-order valence-electron chi connectivity index (χ4n) is 4.63. The topological polar surface area (TPSA) is 88.1 Å². The Morgan fingerprint density at radius 2 is 1.40 bits per heavy atom. The largest absolute Gasteiger partial charge is 0.494 e. The van der Waals surface area contributed by atoms with E-state index in [1.165, 1.54) is 28.5 Å². The minimum atomic E-state index is -0.424. The third kappa shape index (κ3) is 8.61. The molecule has 224 valence electrons. The Morgan fingerprint density at radius 3 is 2.12 bits per heavy atom. The number of unbranched alkanes of at least 4 members (excludes halogenated alkanes) is 1. The van der Waals surface area contributed by atoms with Gasteiger partial charge in [0.05, 0.1) is 26.4 Å². The van der Waals surface area contributed by atoms with Crippen LogP contribution in [0.4, 0.5) is 0 Å². The van der Waals surface area contributed by atoms with E-state index in [0.29, 0.717) is 49.5 Å². The lowest BCUT2D eigenvalue weighted by Gasteiger charge is -2.11. The van der Waals surface area contributed by atoms with E-state index < -0.39 is 5.97 Å². The number of carbonyl (C=O) groups is 3. The van der Waals surface area contributed by atoms with Crippen LogP contribution in [0.15, 0.2) is 90.4 Å². The highest BCUT2D eigenvalue weighted by Gasteiger charge is 2.26. The predicted molar refractivity (Wildman–Crippen MR) is 168 cm³/mol. The van der Waals surface area contributed by atoms with Crippen molar-refractivity contribution < 1.29 is 33.3 Å². The highest BCUT2D eigenvalue weighted by molar-refractivity contribution is 8.14. The Kier molecular flexibility index (Phi) is 11.2.